The second kappa shape index (κ2) is 6.72. The lowest BCUT2D eigenvalue weighted by Crippen LogP contribution is -2.35. The van der Waals surface area contributed by atoms with Gasteiger partial charge in [0, 0.05) is 16.8 Å². The lowest BCUT2D eigenvalue weighted by atomic mass is 9.75. The monoisotopic (exact) mass is 363 g/mol. The number of anilines is 1. The summed E-state index contributed by atoms with van der Waals surface area (Å²) in [6.45, 7) is 7.01. The topological polar surface area (TPSA) is 25.2 Å². The Kier molecular flexibility index (Phi) is 4.33. The van der Waals surface area contributed by atoms with Gasteiger partial charge in [0.15, 0.2) is 0 Å². The van der Waals surface area contributed by atoms with Crippen molar-refractivity contribution in [1.29, 1.82) is 0 Å². The second-order valence-corrected chi connectivity index (χ2v) is 9.30. The average molecular weight is 364 g/mol. The summed E-state index contributed by atoms with van der Waals surface area (Å²) in [5, 5.41) is 4.90. The van der Waals surface area contributed by atoms with Crippen LogP contribution in [0.15, 0.2) is 22.6 Å². The summed E-state index contributed by atoms with van der Waals surface area (Å²) in [6.07, 6.45) is 19.7. The first-order valence-corrected chi connectivity index (χ1v) is 11.2. The van der Waals surface area contributed by atoms with E-state index in [-0.39, 0.29) is 0 Å². The zero-order valence-electron chi connectivity index (χ0n) is 17.0. The van der Waals surface area contributed by atoms with Gasteiger partial charge in [-0.1, -0.05) is 50.6 Å². The molecule has 3 aliphatic carbocycles. The van der Waals surface area contributed by atoms with Crippen molar-refractivity contribution < 1.29 is 4.42 Å². The van der Waals surface area contributed by atoms with Crippen molar-refractivity contribution in [3.8, 4) is 0 Å². The normalized spacial score (nSPS) is 36.6. The summed E-state index contributed by atoms with van der Waals surface area (Å²) in [6, 6.07) is 0.346. The van der Waals surface area contributed by atoms with E-state index < -0.39 is 0 Å². The molecule has 6 atom stereocenters. The molecule has 1 aromatic heterocycles. The molecule has 1 fully saturated rings. The first-order valence-electron chi connectivity index (χ1n) is 11.2. The Morgan fingerprint density at radius 3 is 2.93 bits per heavy atom. The van der Waals surface area contributed by atoms with Gasteiger partial charge in [0.1, 0.15) is 5.42 Å². The third-order valence-corrected chi connectivity index (χ3v) is 7.64. The van der Waals surface area contributed by atoms with Crippen LogP contribution in [0.4, 0.5) is 5.88 Å². The third kappa shape index (κ3) is 2.75. The molecule has 0 aromatic carbocycles. The van der Waals surface area contributed by atoms with Crippen LogP contribution in [0.25, 0.3) is 17.7 Å². The predicted octanol–water partition coefficient (Wildman–Crippen LogP) is 5.10. The Labute approximate surface area is 163 Å². The van der Waals surface area contributed by atoms with Gasteiger partial charge in [0.2, 0.25) is 5.88 Å². The maximum Gasteiger partial charge on any atom is 0.201 e. The van der Waals surface area contributed by atoms with Crippen LogP contribution >= 0.6 is 0 Å². The van der Waals surface area contributed by atoms with Crippen molar-refractivity contribution in [3.63, 3.8) is 0 Å². The van der Waals surface area contributed by atoms with E-state index in [0.717, 1.165) is 23.6 Å². The highest BCUT2D eigenvalue weighted by Gasteiger charge is 2.43. The summed E-state index contributed by atoms with van der Waals surface area (Å²) in [5.41, 5.74) is 4.15. The Morgan fingerprint density at radius 1 is 1.22 bits per heavy atom. The molecule has 144 valence electrons. The van der Waals surface area contributed by atoms with Crippen molar-refractivity contribution in [2.24, 2.45) is 29.6 Å². The molecule has 1 N–H and O–H groups in total. The number of rotatable bonds is 3. The molecule has 0 saturated heterocycles. The van der Waals surface area contributed by atoms with E-state index in [9.17, 15) is 0 Å². The Balaban J connectivity index is 1.66. The van der Waals surface area contributed by atoms with Gasteiger partial charge in [0.05, 0.1) is 0 Å². The average Bonchev–Trinajstić information content (AvgIpc) is 3.19. The summed E-state index contributed by atoms with van der Waals surface area (Å²) in [7, 11) is 0. The van der Waals surface area contributed by atoms with E-state index in [1.165, 1.54) is 54.7 Å². The molecule has 5 rings (SSSR count). The fraction of sp³-hybridized carbons (Fsp3) is 0.600. The van der Waals surface area contributed by atoms with Crippen LogP contribution in [0.3, 0.4) is 0 Å². The van der Waals surface area contributed by atoms with Crippen LogP contribution in [0.2, 0.25) is 0 Å². The van der Waals surface area contributed by atoms with Crippen LogP contribution in [0.1, 0.15) is 64.9 Å². The molecule has 0 amide bonds. The maximum absolute atomic E-state index is 6.55. The van der Waals surface area contributed by atoms with E-state index in [4.69, 9.17) is 4.42 Å². The largest absolute Gasteiger partial charge is 0.440 e. The highest BCUT2D eigenvalue weighted by molar-refractivity contribution is 5.70. The van der Waals surface area contributed by atoms with Gasteiger partial charge < -0.3 is 9.73 Å². The smallest absolute Gasteiger partial charge is 0.201 e. The molecular weight excluding hydrogens is 330 g/mol. The van der Waals surface area contributed by atoms with Crippen molar-refractivity contribution in [1.82, 2.24) is 0 Å². The number of furan rings is 1. The first-order chi connectivity index (χ1) is 13.2. The predicted molar refractivity (Wildman–Crippen MR) is 114 cm³/mol. The van der Waals surface area contributed by atoms with E-state index in [1.807, 2.05) is 0 Å². The molecule has 0 bridgehead atoms. The second-order valence-electron chi connectivity index (χ2n) is 9.30. The lowest BCUT2D eigenvalue weighted by Gasteiger charge is -2.29. The van der Waals surface area contributed by atoms with Crippen molar-refractivity contribution in [3.05, 3.63) is 34.4 Å². The van der Waals surface area contributed by atoms with E-state index in [2.05, 4.69) is 56.5 Å². The minimum atomic E-state index is 0.346. The highest BCUT2D eigenvalue weighted by atomic mass is 16.3. The van der Waals surface area contributed by atoms with Gasteiger partial charge in [-0.05, 0) is 74.2 Å². The van der Waals surface area contributed by atoms with E-state index >= 15 is 0 Å². The number of hydrogen-bond donors (Lipinski definition) is 1. The molecule has 1 aliphatic heterocycles. The standard InChI is InChI=1S/C25H33NO/c1-4-7-17-11-13-20-21-12-10-15(2)26-25(21)27-24(20)23(17)22-14-18-8-5-6-9-19(18)16(22)3/h6,9-10,12-13,15-19,22,26H,4-5,7-8,11,14H2,1-3H3/t15?,16-,17?,18?,19?,22?/m0/s1. The van der Waals surface area contributed by atoms with E-state index in [0.29, 0.717) is 17.9 Å². The van der Waals surface area contributed by atoms with Crippen LogP contribution in [0.5, 0.6) is 0 Å². The van der Waals surface area contributed by atoms with Gasteiger partial charge in [-0.2, -0.15) is 0 Å². The third-order valence-electron chi connectivity index (χ3n) is 7.64. The molecule has 0 radical (unpaired) electrons. The Morgan fingerprint density at radius 2 is 2.11 bits per heavy atom. The summed E-state index contributed by atoms with van der Waals surface area (Å²) >= 11 is 0. The molecule has 2 heterocycles. The molecule has 27 heavy (non-hydrogen) atoms. The van der Waals surface area contributed by atoms with Crippen molar-refractivity contribution in [2.75, 3.05) is 5.32 Å². The van der Waals surface area contributed by atoms with Crippen LogP contribution in [-0.2, 0) is 0 Å². The number of allylic oxidation sites excluding steroid dienone is 2. The van der Waals surface area contributed by atoms with Crippen molar-refractivity contribution in [2.45, 2.75) is 65.3 Å². The number of hydrogen-bond acceptors (Lipinski definition) is 2. The molecular formula is C25H33NO. The summed E-state index contributed by atoms with van der Waals surface area (Å²) in [4.78, 5) is 0. The zero-order valence-corrected chi connectivity index (χ0v) is 17.0. The molecule has 2 heteroatoms. The maximum atomic E-state index is 6.55. The molecule has 1 aromatic rings. The van der Waals surface area contributed by atoms with Gasteiger partial charge in [-0.25, -0.2) is 0 Å². The van der Waals surface area contributed by atoms with Crippen LogP contribution in [-0.4, -0.2) is 6.04 Å². The molecule has 5 unspecified atom stereocenters. The zero-order chi connectivity index (χ0) is 18.5. The minimum absolute atomic E-state index is 0.346. The highest BCUT2D eigenvalue weighted by Crippen LogP contribution is 2.51. The fourth-order valence-corrected chi connectivity index (χ4v) is 6.32. The van der Waals surface area contributed by atoms with Crippen LogP contribution < -0.4 is 16.0 Å². The first kappa shape index (κ1) is 17.4. The number of nitrogens with one attached hydrogen (secondary N) is 1. The fourth-order valence-electron chi connectivity index (χ4n) is 6.32. The SMILES string of the molecule is CCCC1CC=c2c3c(oc2=C1C1CC2CCC=CC2[C@@H]1C)NC(C)C=C3. The molecule has 1 saturated carbocycles. The minimum Gasteiger partial charge on any atom is -0.440 e. The van der Waals surface area contributed by atoms with Gasteiger partial charge in [0.25, 0.3) is 0 Å². The van der Waals surface area contributed by atoms with Gasteiger partial charge in [-0.3, -0.25) is 0 Å². The Hall–Kier alpha value is -1.70. The number of fused-ring (bicyclic) bond motifs is 4. The van der Waals surface area contributed by atoms with Crippen LogP contribution in [0, 0.1) is 29.6 Å². The quantitative estimate of drug-likeness (QED) is 0.756. The summed E-state index contributed by atoms with van der Waals surface area (Å²) in [5.74, 6) is 4.71. The lowest BCUT2D eigenvalue weighted by molar-refractivity contribution is 0.357. The molecule has 0 spiro atoms. The van der Waals surface area contributed by atoms with E-state index in [1.54, 1.807) is 5.57 Å². The summed E-state index contributed by atoms with van der Waals surface area (Å²) < 4.78 is 6.55. The van der Waals surface area contributed by atoms with Gasteiger partial charge >= 0.3 is 0 Å². The molecule has 4 aliphatic rings. The van der Waals surface area contributed by atoms with Crippen molar-refractivity contribution >= 4 is 23.6 Å². The molecule has 2 nitrogen and oxygen atoms in total. The Bertz CT molecular complexity index is 901. The van der Waals surface area contributed by atoms with Gasteiger partial charge in [-0.15, -0.1) is 0 Å².